The van der Waals surface area contributed by atoms with Crippen molar-refractivity contribution in [2.24, 2.45) is 9.98 Å². The number of amidine groups is 1. The highest BCUT2D eigenvalue weighted by atomic mass is 16.2. The van der Waals surface area contributed by atoms with Gasteiger partial charge in [-0.25, -0.2) is 19.8 Å². The average Bonchev–Trinajstić information content (AvgIpc) is 3.53. The van der Waals surface area contributed by atoms with Gasteiger partial charge in [-0.15, -0.1) is 0 Å². The molecule has 1 unspecified atom stereocenters. The van der Waals surface area contributed by atoms with Crippen molar-refractivity contribution >= 4 is 75.3 Å². The molecule has 4 aromatic carbocycles. The molecule has 0 bridgehead atoms. The fourth-order valence-corrected chi connectivity index (χ4v) is 6.28. The van der Waals surface area contributed by atoms with Crippen molar-refractivity contribution in [1.82, 2.24) is 14.5 Å². The lowest BCUT2D eigenvalue weighted by molar-refractivity contribution is -0.118. The van der Waals surface area contributed by atoms with E-state index in [1.165, 1.54) is 0 Å². The zero-order chi connectivity index (χ0) is 32.5. The number of hydrogen-bond acceptors (Lipinski definition) is 9. The second-order valence-corrected chi connectivity index (χ2v) is 11.2. The van der Waals surface area contributed by atoms with Gasteiger partial charge in [-0.1, -0.05) is 82.8 Å². The number of fused-ring (bicyclic) bond motifs is 4. The lowest BCUT2D eigenvalue weighted by Crippen LogP contribution is -2.49. The van der Waals surface area contributed by atoms with Crippen LogP contribution in [-0.4, -0.2) is 57.0 Å². The van der Waals surface area contributed by atoms with E-state index in [-0.39, 0.29) is 40.3 Å². The van der Waals surface area contributed by atoms with Crippen LogP contribution in [0.3, 0.4) is 0 Å². The first-order chi connectivity index (χ1) is 23.5. The van der Waals surface area contributed by atoms with Crippen molar-refractivity contribution in [3.05, 3.63) is 133 Å². The Bertz CT molecular complexity index is 2320. The quantitative estimate of drug-likeness (QED) is 0.212. The minimum absolute atomic E-state index is 0.0920. The summed E-state index contributed by atoms with van der Waals surface area (Å²) >= 11 is 0. The molecule has 0 aliphatic carbocycles. The Hall–Kier alpha value is -6.95. The molecular formula is C36H21N8O4+. The van der Waals surface area contributed by atoms with E-state index in [0.717, 1.165) is 9.80 Å². The van der Waals surface area contributed by atoms with E-state index in [2.05, 4.69) is 0 Å². The third kappa shape index (κ3) is 3.86. The number of rotatable bonds is 4. The minimum atomic E-state index is -1.00. The number of aromatic nitrogens is 2. The molecule has 4 aliphatic heterocycles. The molecule has 0 N–H and O–H groups in total. The standard InChI is InChI=1S/C36H21N8O4/c45-33-25-27(35(47)43(33)23-17-9-3-10-18-23)39-31-29(37-25)41(21-13-5-1-6-14-21)30-32(42(31)22-15-7-2-8-16-22)40-28-26(38-30)34(46)44(36(28)48)24-19-11-4-12-20-24/h1-20,29H/q+1. The number of amides is 4. The number of hydrogen-bond donors (Lipinski definition) is 0. The van der Waals surface area contributed by atoms with Crippen LogP contribution in [-0.2, 0) is 9.59 Å². The fraction of sp³-hybridized carbons (Fsp3) is 0.0278. The van der Waals surface area contributed by atoms with Gasteiger partial charge in [0.2, 0.25) is 23.4 Å². The predicted molar refractivity (Wildman–Crippen MR) is 179 cm³/mol. The van der Waals surface area contributed by atoms with Gasteiger partial charge in [-0.3, -0.25) is 24.1 Å². The zero-order valence-electron chi connectivity index (χ0n) is 24.8. The second kappa shape index (κ2) is 10.3. The van der Waals surface area contributed by atoms with Crippen molar-refractivity contribution < 1.29 is 19.2 Å². The lowest BCUT2D eigenvalue weighted by atomic mass is 10.1. The van der Waals surface area contributed by atoms with E-state index < -0.39 is 29.8 Å². The Morgan fingerprint density at radius 3 is 1.58 bits per heavy atom. The van der Waals surface area contributed by atoms with Crippen molar-refractivity contribution in [2.45, 2.75) is 6.17 Å². The summed E-state index contributed by atoms with van der Waals surface area (Å²) in [6.07, 6.45) is -1.00. The highest BCUT2D eigenvalue weighted by Crippen LogP contribution is 2.42. The molecule has 12 nitrogen and oxygen atoms in total. The van der Waals surface area contributed by atoms with Crippen molar-refractivity contribution in [2.75, 3.05) is 14.7 Å². The van der Waals surface area contributed by atoms with Crippen LogP contribution in [0.25, 0.3) is 0 Å². The van der Waals surface area contributed by atoms with Gasteiger partial charge in [0.1, 0.15) is 5.69 Å². The van der Waals surface area contributed by atoms with Crippen LogP contribution in [0.4, 0.5) is 34.4 Å². The molecule has 5 heterocycles. The van der Waals surface area contributed by atoms with Gasteiger partial charge in [0.25, 0.3) is 17.6 Å². The van der Waals surface area contributed by atoms with Crippen molar-refractivity contribution in [1.29, 1.82) is 0 Å². The maximum absolute atomic E-state index is 13.8. The van der Waals surface area contributed by atoms with Gasteiger partial charge in [0, 0.05) is 5.69 Å². The molecule has 1 aromatic heterocycles. The fourth-order valence-electron chi connectivity index (χ4n) is 6.28. The van der Waals surface area contributed by atoms with Crippen LogP contribution >= 0.6 is 0 Å². The zero-order valence-corrected chi connectivity index (χ0v) is 24.8. The Balaban J connectivity index is 1.31. The molecule has 4 amide bonds. The Morgan fingerprint density at radius 2 is 1.00 bits per heavy atom. The van der Waals surface area contributed by atoms with Crippen LogP contribution in [0.5, 0.6) is 0 Å². The Labute approximate surface area is 272 Å². The summed E-state index contributed by atoms with van der Waals surface area (Å²) in [4.78, 5) is 78.4. The number of carbonyl (C=O) groups excluding carboxylic acids is 4. The monoisotopic (exact) mass is 629 g/mol. The topological polar surface area (TPSA) is 132 Å². The largest absolute Gasteiger partial charge is 0.312 e. The molecule has 48 heavy (non-hydrogen) atoms. The summed E-state index contributed by atoms with van der Waals surface area (Å²) in [5.74, 6) is -1.77. The van der Waals surface area contributed by atoms with E-state index in [1.807, 2.05) is 60.7 Å². The van der Waals surface area contributed by atoms with E-state index in [0.29, 0.717) is 22.7 Å². The van der Waals surface area contributed by atoms with E-state index in [9.17, 15) is 19.2 Å². The molecular weight excluding hydrogens is 608 g/mol. The molecule has 1 fully saturated rings. The van der Waals surface area contributed by atoms with E-state index in [1.54, 1.807) is 70.1 Å². The summed E-state index contributed by atoms with van der Waals surface area (Å²) in [7, 11) is 0. The third-order valence-electron chi connectivity index (χ3n) is 8.41. The number of carbonyl (C=O) groups is 4. The first-order valence-electron chi connectivity index (χ1n) is 15.0. The molecule has 1 saturated heterocycles. The maximum Gasteiger partial charge on any atom is 0.312 e. The molecule has 0 radical (unpaired) electrons. The predicted octanol–water partition coefficient (Wildman–Crippen LogP) is 4.46. The number of nitrogens with zero attached hydrogens (tertiary/aromatic N) is 8. The lowest BCUT2D eigenvalue weighted by Gasteiger charge is -2.34. The van der Waals surface area contributed by atoms with E-state index >= 15 is 0 Å². The van der Waals surface area contributed by atoms with Gasteiger partial charge in [0.05, 0.1) is 11.4 Å². The smallest absolute Gasteiger partial charge is 0.289 e. The molecule has 0 spiro atoms. The first-order valence-corrected chi connectivity index (χ1v) is 15.0. The second-order valence-electron chi connectivity index (χ2n) is 11.2. The Morgan fingerprint density at radius 1 is 0.521 bits per heavy atom. The third-order valence-corrected chi connectivity index (χ3v) is 8.41. The number of para-hydroxylation sites is 4. The number of aliphatic imine (C=N–C) groups is 2. The number of anilines is 4. The maximum atomic E-state index is 13.8. The van der Waals surface area contributed by atoms with Crippen LogP contribution in [0.15, 0.2) is 131 Å². The van der Waals surface area contributed by atoms with Crippen LogP contribution in [0.2, 0.25) is 0 Å². The summed E-state index contributed by atoms with van der Waals surface area (Å²) in [6.45, 7) is 0. The summed E-state index contributed by atoms with van der Waals surface area (Å²) in [5.41, 5.74) is 1.55. The minimum Gasteiger partial charge on any atom is -0.289 e. The van der Waals surface area contributed by atoms with E-state index in [4.69, 9.17) is 20.0 Å². The number of imide groups is 2. The van der Waals surface area contributed by atoms with Crippen molar-refractivity contribution in [3.8, 4) is 0 Å². The van der Waals surface area contributed by atoms with Crippen LogP contribution in [0.1, 0.15) is 21.0 Å². The highest BCUT2D eigenvalue weighted by Gasteiger charge is 2.54. The first kappa shape index (κ1) is 27.4. The summed E-state index contributed by atoms with van der Waals surface area (Å²) in [6, 6.07) is 35.5. The summed E-state index contributed by atoms with van der Waals surface area (Å²) < 4.78 is 1.67. The molecule has 5 aromatic rings. The summed E-state index contributed by atoms with van der Waals surface area (Å²) in [5, 5.41) is 0. The molecule has 4 aliphatic rings. The Kier molecular flexibility index (Phi) is 5.87. The highest BCUT2D eigenvalue weighted by molar-refractivity contribution is 6.92. The van der Waals surface area contributed by atoms with Crippen LogP contribution < -0.4 is 19.3 Å². The molecule has 1 atom stereocenters. The average molecular weight is 630 g/mol. The molecule has 228 valence electrons. The molecule has 0 saturated carbocycles. The SMILES string of the molecule is O=C1C2=NC3=[N+](c4ccccc4)c4nc5c(nc4N(c4ccccc4)C3N=C2C(=O)N1c1ccccc1)C(=O)N(c1ccccc1)C5=O. The van der Waals surface area contributed by atoms with Gasteiger partial charge in [0.15, 0.2) is 11.4 Å². The molecule has 9 rings (SSSR count). The van der Waals surface area contributed by atoms with Gasteiger partial charge >= 0.3 is 17.6 Å². The van der Waals surface area contributed by atoms with Gasteiger partial charge in [-0.05, 0) is 48.5 Å². The molecule has 12 heteroatoms. The van der Waals surface area contributed by atoms with Gasteiger partial charge < -0.3 is 0 Å². The number of benzene rings is 4. The van der Waals surface area contributed by atoms with Crippen LogP contribution in [0, 0.1) is 0 Å². The van der Waals surface area contributed by atoms with Crippen molar-refractivity contribution in [3.63, 3.8) is 0 Å². The normalized spacial score (nSPS) is 18.0. The van der Waals surface area contributed by atoms with Gasteiger partial charge in [-0.2, -0.15) is 4.58 Å².